The van der Waals surface area contributed by atoms with Crippen molar-refractivity contribution in [3.05, 3.63) is 54.0 Å². The second-order valence-electron chi connectivity index (χ2n) is 6.01. The molecule has 21 heavy (non-hydrogen) atoms. The summed E-state index contributed by atoms with van der Waals surface area (Å²) in [7, 11) is 0. The molecule has 2 aliphatic heterocycles. The number of H-pyrrole nitrogens is 1. The molecule has 1 aromatic carbocycles. The first-order chi connectivity index (χ1) is 10.4. The summed E-state index contributed by atoms with van der Waals surface area (Å²) < 4.78 is 0. The van der Waals surface area contributed by atoms with Gasteiger partial charge in [-0.25, -0.2) is 9.97 Å². The zero-order valence-corrected chi connectivity index (χ0v) is 11.7. The van der Waals surface area contributed by atoms with Crippen LogP contribution >= 0.6 is 0 Å². The molecule has 1 fully saturated rings. The highest BCUT2D eigenvalue weighted by Gasteiger charge is 2.39. The molecule has 0 spiro atoms. The van der Waals surface area contributed by atoms with Crippen LogP contribution in [-0.4, -0.2) is 21.5 Å². The Morgan fingerprint density at radius 2 is 1.95 bits per heavy atom. The second kappa shape index (κ2) is 4.07. The summed E-state index contributed by atoms with van der Waals surface area (Å²) in [6.45, 7) is 1.07. The number of aromatic amines is 1. The van der Waals surface area contributed by atoms with Crippen molar-refractivity contribution in [1.29, 1.82) is 0 Å². The molecule has 104 valence electrons. The third-order valence-electron chi connectivity index (χ3n) is 4.98. The molecule has 0 unspecified atom stereocenters. The number of nitrogens with zero attached hydrogens (tertiary/aromatic N) is 3. The molecule has 3 aromatic rings. The Labute approximate surface area is 122 Å². The zero-order chi connectivity index (χ0) is 13.8. The number of fused-ring (bicyclic) bond motifs is 3. The van der Waals surface area contributed by atoms with Gasteiger partial charge in [-0.1, -0.05) is 24.3 Å². The van der Waals surface area contributed by atoms with Gasteiger partial charge in [0.1, 0.15) is 17.8 Å². The minimum absolute atomic E-state index is 0.458. The first-order valence-corrected chi connectivity index (χ1v) is 7.55. The Bertz CT molecular complexity index is 822. The van der Waals surface area contributed by atoms with Crippen LogP contribution in [0.5, 0.6) is 0 Å². The zero-order valence-electron chi connectivity index (χ0n) is 11.7. The summed E-state index contributed by atoms with van der Waals surface area (Å²) in [6, 6.07) is 11.4. The van der Waals surface area contributed by atoms with Gasteiger partial charge in [0.15, 0.2) is 0 Å². The van der Waals surface area contributed by atoms with Gasteiger partial charge in [0, 0.05) is 18.7 Å². The quantitative estimate of drug-likeness (QED) is 0.741. The van der Waals surface area contributed by atoms with Gasteiger partial charge in [-0.05, 0) is 30.0 Å². The van der Waals surface area contributed by atoms with E-state index in [1.54, 1.807) is 11.9 Å². The number of rotatable bonds is 1. The van der Waals surface area contributed by atoms with Gasteiger partial charge in [-0.15, -0.1) is 0 Å². The summed E-state index contributed by atoms with van der Waals surface area (Å²) in [5.41, 5.74) is 3.96. The molecule has 1 N–H and O–H groups in total. The highest BCUT2D eigenvalue weighted by atomic mass is 15.2. The molecule has 0 amide bonds. The van der Waals surface area contributed by atoms with Gasteiger partial charge in [-0.2, -0.15) is 0 Å². The van der Waals surface area contributed by atoms with Crippen LogP contribution in [0.2, 0.25) is 0 Å². The number of piperidine rings is 1. The molecular formula is C17H16N4. The van der Waals surface area contributed by atoms with Gasteiger partial charge in [0.25, 0.3) is 0 Å². The average Bonchev–Trinajstić information content (AvgIpc) is 3.04. The van der Waals surface area contributed by atoms with Crippen LogP contribution in [0.15, 0.2) is 42.9 Å². The Hall–Kier alpha value is -2.36. The Morgan fingerprint density at radius 1 is 1.05 bits per heavy atom. The maximum Gasteiger partial charge on any atom is 0.142 e. The summed E-state index contributed by atoms with van der Waals surface area (Å²) in [6.07, 6.45) is 6.12. The van der Waals surface area contributed by atoms with Crippen molar-refractivity contribution in [3.8, 4) is 0 Å². The van der Waals surface area contributed by atoms with E-state index in [2.05, 4.69) is 50.2 Å². The highest BCUT2D eigenvalue weighted by molar-refractivity contribution is 5.87. The lowest BCUT2D eigenvalue weighted by Crippen LogP contribution is -2.43. The number of anilines is 1. The predicted octanol–water partition coefficient (Wildman–Crippen LogP) is 3.40. The lowest BCUT2D eigenvalue weighted by atomic mass is 9.75. The molecule has 4 heteroatoms. The molecule has 3 aliphatic rings. The number of hydrogen-bond acceptors (Lipinski definition) is 3. The van der Waals surface area contributed by atoms with Gasteiger partial charge in [0.2, 0.25) is 0 Å². The van der Waals surface area contributed by atoms with Crippen LogP contribution in [0.3, 0.4) is 0 Å². The van der Waals surface area contributed by atoms with E-state index in [1.807, 2.05) is 6.20 Å². The third kappa shape index (κ3) is 1.50. The monoisotopic (exact) mass is 276 g/mol. The lowest BCUT2D eigenvalue weighted by Gasteiger charge is -2.47. The third-order valence-corrected chi connectivity index (χ3v) is 4.98. The fourth-order valence-corrected chi connectivity index (χ4v) is 4.06. The molecule has 4 nitrogen and oxygen atoms in total. The first kappa shape index (κ1) is 11.3. The lowest BCUT2D eigenvalue weighted by molar-refractivity contribution is 0.388. The van der Waals surface area contributed by atoms with Gasteiger partial charge < -0.3 is 9.88 Å². The van der Waals surface area contributed by atoms with E-state index >= 15 is 0 Å². The molecule has 1 saturated heterocycles. The van der Waals surface area contributed by atoms with Crippen molar-refractivity contribution in [1.82, 2.24) is 15.0 Å². The SMILES string of the molecule is c1ccc2c(c1)[C@H]1CC[C@@H]2N(c2ncnc3[nH]ccc23)C1. The summed E-state index contributed by atoms with van der Waals surface area (Å²) in [5, 5.41) is 1.13. The van der Waals surface area contributed by atoms with E-state index in [1.165, 1.54) is 18.4 Å². The van der Waals surface area contributed by atoms with E-state index in [4.69, 9.17) is 0 Å². The molecule has 0 saturated carbocycles. The van der Waals surface area contributed by atoms with Crippen molar-refractivity contribution in [2.75, 3.05) is 11.4 Å². The highest BCUT2D eigenvalue weighted by Crippen LogP contribution is 2.48. The van der Waals surface area contributed by atoms with E-state index in [0.717, 1.165) is 23.4 Å². The van der Waals surface area contributed by atoms with E-state index < -0.39 is 0 Å². The van der Waals surface area contributed by atoms with Gasteiger partial charge >= 0.3 is 0 Å². The molecule has 2 aromatic heterocycles. The molecular weight excluding hydrogens is 260 g/mol. The maximum atomic E-state index is 4.59. The first-order valence-electron chi connectivity index (χ1n) is 7.55. The standard InChI is InChI=1S/C17H16N4/c1-2-4-13-12(3-1)11-5-6-15(13)21(9-11)17-14-7-8-18-16(14)19-10-20-17/h1-4,7-8,10-11,15H,5-6,9H2,(H,18,19,20)/t11-,15-/m0/s1. The van der Waals surface area contributed by atoms with Crippen LogP contribution in [0, 0.1) is 0 Å². The van der Waals surface area contributed by atoms with Crippen LogP contribution in [0.1, 0.15) is 35.9 Å². The van der Waals surface area contributed by atoms with Crippen LogP contribution in [0.4, 0.5) is 5.82 Å². The topological polar surface area (TPSA) is 44.8 Å². The summed E-state index contributed by atoms with van der Waals surface area (Å²) in [5.74, 6) is 1.71. The van der Waals surface area contributed by atoms with Crippen molar-refractivity contribution in [2.24, 2.45) is 0 Å². The molecule has 6 rings (SSSR count). The molecule has 2 atom stereocenters. The number of benzene rings is 1. The number of hydrogen-bond donors (Lipinski definition) is 1. The smallest absolute Gasteiger partial charge is 0.142 e. The van der Waals surface area contributed by atoms with Crippen molar-refractivity contribution in [3.63, 3.8) is 0 Å². The van der Waals surface area contributed by atoms with Crippen molar-refractivity contribution >= 4 is 16.9 Å². The second-order valence-corrected chi connectivity index (χ2v) is 6.01. The molecule has 2 bridgehead atoms. The average molecular weight is 276 g/mol. The Morgan fingerprint density at radius 3 is 2.90 bits per heavy atom. The maximum absolute atomic E-state index is 4.59. The predicted molar refractivity (Wildman–Crippen MR) is 82.4 cm³/mol. The van der Waals surface area contributed by atoms with Crippen LogP contribution < -0.4 is 4.90 Å². The molecule has 4 heterocycles. The number of nitrogens with one attached hydrogen (secondary N) is 1. The minimum atomic E-state index is 0.458. The van der Waals surface area contributed by atoms with E-state index in [-0.39, 0.29) is 0 Å². The summed E-state index contributed by atoms with van der Waals surface area (Å²) in [4.78, 5) is 14.6. The van der Waals surface area contributed by atoms with Crippen molar-refractivity contribution < 1.29 is 0 Å². The minimum Gasteiger partial charge on any atom is -0.348 e. The Kier molecular flexibility index (Phi) is 2.19. The van der Waals surface area contributed by atoms with E-state index in [9.17, 15) is 0 Å². The number of aromatic nitrogens is 3. The molecule has 1 aliphatic carbocycles. The van der Waals surface area contributed by atoms with Gasteiger partial charge in [-0.3, -0.25) is 0 Å². The van der Waals surface area contributed by atoms with Crippen molar-refractivity contribution in [2.45, 2.75) is 24.8 Å². The normalized spacial score (nSPS) is 23.5. The largest absolute Gasteiger partial charge is 0.348 e. The van der Waals surface area contributed by atoms with E-state index in [0.29, 0.717) is 12.0 Å². The van der Waals surface area contributed by atoms with Crippen LogP contribution in [0.25, 0.3) is 11.0 Å². The fraction of sp³-hybridized carbons (Fsp3) is 0.294. The fourth-order valence-electron chi connectivity index (χ4n) is 4.06. The Balaban J connectivity index is 1.68. The summed E-state index contributed by atoms with van der Waals surface area (Å²) >= 11 is 0. The van der Waals surface area contributed by atoms with Crippen LogP contribution in [-0.2, 0) is 0 Å². The van der Waals surface area contributed by atoms with Gasteiger partial charge in [0.05, 0.1) is 11.4 Å². The molecule has 0 radical (unpaired) electrons.